The van der Waals surface area contributed by atoms with E-state index in [4.69, 9.17) is 0 Å². The number of carbonyl (C=O) groups excluding carboxylic acids is 1. The summed E-state index contributed by atoms with van der Waals surface area (Å²) in [5.41, 5.74) is 0.682. The minimum absolute atomic E-state index is 0.0315. The first kappa shape index (κ1) is 13.6. The zero-order chi connectivity index (χ0) is 13.9. The van der Waals surface area contributed by atoms with Gasteiger partial charge in [-0.05, 0) is 31.6 Å². The smallest absolute Gasteiger partial charge is 0.269 e. The number of nitrogens with zero attached hydrogens (tertiary/aromatic N) is 2. The first-order chi connectivity index (χ1) is 9.75. The average molecular weight is 277 g/mol. The van der Waals surface area contributed by atoms with Crippen LogP contribution in [0.3, 0.4) is 0 Å². The second-order valence-electron chi connectivity index (χ2n) is 5.97. The van der Waals surface area contributed by atoms with Gasteiger partial charge >= 0.3 is 0 Å². The number of nitrogens with one attached hydrogen (secondary N) is 1. The lowest BCUT2D eigenvalue weighted by Crippen LogP contribution is -2.31. The number of carbonyl (C=O) groups is 1. The van der Waals surface area contributed by atoms with E-state index in [1.807, 2.05) is 4.57 Å². The molecule has 3 rings (SSSR count). The quantitative estimate of drug-likeness (QED) is 0.876. The van der Waals surface area contributed by atoms with E-state index in [0.29, 0.717) is 18.2 Å². The van der Waals surface area contributed by atoms with Gasteiger partial charge in [-0.1, -0.05) is 12.8 Å². The van der Waals surface area contributed by atoms with E-state index in [9.17, 15) is 9.90 Å². The molecule has 5 heteroatoms. The molecule has 0 spiro atoms. The molecule has 1 aromatic heterocycles. The SMILES string of the molecule is O=C(NCC[C@H]1CCCC[C@H]1O)c1cnc2n1CCC2. The zero-order valence-electron chi connectivity index (χ0n) is 11.8. The number of imidazole rings is 1. The largest absolute Gasteiger partial charge is 0.393 e. The summed E-state index contributed by atoms with van der Waals surface area (Å²) < 4.78 is 2.02. The maximum Gasteiger partial charge on any atom is 0.269 e. The lowest BCUT2D eigenvalue weighted by Gasteiger charge is -2.27. The fourth-order valence-corrected chi connectivity index (χ4v) is 3.43. The predicted octanol–water partition coefficient (Wildman–Crippen LogP) is 1.50. The lowest BCUT2D eigenvalue weighted by molar-refractivity contribution is 0.0643. The molecular weight excluding hydrogens is 254 g/mol. The number of rotatable bonds is 4. The van der Waals surface area contributed by atoms with Gasteiger partial charge in [0, 0.05) is 19.5 Å². The molecule has 0 bridgehead atoms. The highest BCUT2D eigenvalue weighted by Crippen LogP contribution is 2.26. The van der Waals surface area contributed by atoms with Gasteiger partial charge in [-0.2, -0.15) is 0 Å². The van der Waals surface area contributed by atoms with Crippen LogP contribution < -0.4 is 5.32 Å². The molecule has 2 atom stereocenters. The van der Waals surface area contributed by atoms with Crippen molar-refractivity contribution in [3.63, 3.8) is 0 Å². The van der Waals surface area contributed by atoms with E-state index in [1.54, 1.807) is 6.20 Å². The molecule has 2 aliphatic rings. The topological polar surface area (TPSA) is 67.2 Å². The van der Waals surface area contributed by atoms with Crippen molar-refractivity contribution in [1.82, 2.24) is 14.9 Å². The fraction of sp³-hybridized carbons (Fsp3) is 0.733. The number of hydrogen-bond acceptors (Lipinski definition) is 3. The van der Waals surface area contributed by atoms with Crippen LogP contribution in [0.25, 0.3) is 0 Å². The Bertz CT molecular complexity index is 483. The van der Waals surface area contributed by atoms with Gasteiger partial charge in [0.25, 0.3) is 5.91 Å². The molecule has 0 saturated heterocycles. The van der Waals surface area contributed by atoms with E-state index >= 15 is 0 Å². The molecular formula is C15H23N3O2. The normalized spacial score (nSPS) is 25.4. The number of aliphatic hydroxyl groups is 1. The number of hydrogen-bond donors (Lipinski definition) is 2. The Balaban J connectivity index is 1.49. The van der Waals surface area contributed by atoms with Crippen molar-refractivity contribution in [2.45, 2.75) is 57.6 Å². The van der Waals surface area contributed by atoms with Gasteiger partial charge in [0.2, 0.25) is 0 Å². The molecule has 2 heterocycles. The zero-order valence-corrected chi connectivity index (χ0v) is 11.8. The molecule has 2 N–H and O–H groups in total. The summed E-state index contributed by atoms with van der Waals surface area (Å²) >= 11 is 0. The molecule has 1 aliphatic heterocycles. The molecule has 1 amide bonds. The van der Waals surface area contributed by atoms with Crippen molar-refractivity contribution >= 4 is 5.91 Å². The second kappa shape index (κ2) is 5.95. The Morgan fingerprint density at radius 2 is 2.25 bits per heavy atom. The van der Waals surface area contributed by atoms with E-state index in [0.717, 1.165) is 50.9 Å². The molecule has 0 aromatic carbocycles. The molecule has 1 aliphatic carbocycles. The maximum absolute atomic E-state index is 12.2. The lowest BCUT2D eigenvalue weighted by atomic mass is 9.84. The first-order valence-electron chi connectivity index (χ1n) is 7.76. The molecule has 20 heavy (non-hydrogen) atoms. The summed E-state index contributed by atoms with van der Waals surface area (Å²) in [5, 5.41) is 12.9. The summed E-state index contributed by atoms with van der Waals surface area (Å²) in [7, 11) is 0. The third-order valence-corrected chi connectivity index (χ3v) is 4.62. The van der Waals surface area contributed by atoms with Crippen molar-refractivity contribution in [3.05, 3.63) is 17.7 Å². The van der Waals surface area contributed by atoms with Crippen LogP contribution in [0.4, 0.5) is 0 Å². The van der Waals surface area contributed by atoms with E-state index in [2.05, 4.69) is 10.3 Å². The first-order valence-corrected chi connectivity index (χ1v) is 7.76. The van der Waals surface area contributed by atoms with Crippen molar-refractivity contribution in [3.8, 4) is 0 Å². The summed E-state index contributed by atoms with van der Waals surface area (Å²) in [5.74, 6) is 1.34. The summed E-state index contributed by atoms with van der Waals surface area (Å²) in [6.07, 6.45) is 8.75. The monoisotopic (exact) mass is 277 g/mol. The summed E-state index contributed by atoms with van der Waals surface area (Å²) in [4.78, 5) is 16.4. The predicted molar refractivity (Wildman–Crippen MR) is 75.5 cm³/mol. The number of aliphatic hydroxyl groups excluding tert-OH is 1. The van der Waals surface area contributed by atoms with Gasteiger partial charge in [0.05, 0.1) is 12.3 Å². The Hall–Kier alpha value is -1.36. The van der Waals surface area contributed by atoms with Crippen LogP contribution in [0.15, 0.2) is 6.20 Å². The van der Waals surface area contributed by atoms with Crippen LogP contribution in [0.2, 0.25) is 0 Å². The van der Waals surface area contributed by atoms with Crippen molar-refractivity contribution in [2.24, 2.45) is 5.92 Å². The van der Waals surface area contributed by atoms with Crippen molar-refractivity contribution < 1.29 is 9.90 Å². The highest BCUT2D eigenvalue weighted by Gasteiger charge is 2.23. The van der Waals surface area contributed by atoms with Gasteiger partial charge in [0.1, 0.15) is 11.5 Å². The van der Waals surface area contributed by atoms with Gasteiger partial charge in [-0.3, -0.25) is 4.79 Å². The van der Waals surface area contributed by atoms with Gasteiger partial charge in [0.15, 0.2) is 0 Å². The molecule has 0 unspecified atom stereocenters. The summed E-state index contributed by atoms with van der Waals surface area (Å²) in [6.45, 7) is 1.54. The van der Waals surface area contributed by atoms with Gasteiger partial charge in [-0.15, -0.1) is 0 Å². The molecule has 110 valence electrons. The highest BCUT2D eigenvalue weighted by molar-refractivity contribution is 5.92. The van der Waals surface area contributed by atoms with Crippen molar-refractivity contribution in [2.75, 3.05) is 6.54 Å². The van der Waals surface area contributed by atoms with Crippen LogP contribution in [-0.2, 0) is 13.0 Å². The van der Waals surface area contributed by atoms with Gasteiger partial charge in [-0.25, -0.2) is 4.98 Å². The van der Waals surface area contributed by atoms with E-state index in [1.165, 1.54) is 6.42 Å². The molecule has 1 saturated carbocycles. The minimum Gasteiger partial charge on any atom is -0.393 e. The maximum atomic E-state index is 12.2. The molecule has 0 radical (unpaired) electrons. The number of fused-ring (bicyclic) bond motifs is 1. The fourth-order valence-electron chi connectivity index (χ4n) is 3.43. The van der Waals surface area contributed by atoms with Crippen LogP contribution in [-0.4, -0.2) is 33.2 Å². The molecule has 5 nitrogen and oxygen atoms in total. The standard InChI is InChI=1S/C15H23N3O2/c19-13-5-2-1-4-11(13)7-8-16-15(20)12-10-17-14-6-3-9-18(12)14/h10-11,13,19H,1-9H2,(H,16,20)/t11-,13-/m1/s1. The minimum atomic E-state index is -0.181. The summed E-state index contributed by atoms with van der Waals surface area (Å²) in [6, 6.07) is 0. The molecule has 1 aromatic rings. The highest BCUT2D eigenvalue weighted by atomic mass is 16.3. The van der Waals surface area contributed by atoms with Crippen LogP contribution in [0.5, 0.6) is 0 Å². The Morgan fingerprint density at radius 1 is 1.40 bits per heavy atom. The van der Waals surface area contributed by atoms with Crippen LogP contribution >= 0.6 is 0 Å². The molecule has 1 fully saturated rings. The third kappa shape index (κ3) is 2.73. The second-order valence-corrected chi connectivity index (χ2v) is 5.97. The Labute approximate surface area is 119 Å². The van der Waals surface area contributed by atoms with Crippen LogP contribution in [0.1, 0.15) is 54.8 Å². The Kier molecular flexibility index (Phi) is 4.05. The third-order valence-electron chi connectivity index (χ3n) is 4.62. The average Bonchev–Trinajstić information content (AvgIpc) is 3.03. The number of amides is 1. The van der Waals surface area contributed by atoms with Crippen molar-refractivity contribution in [1.29, 1.82) is 0 Å². The van der Waals surface area contributed by atoms with Crippen LogP contribution in [0, 0.1) is 5.92 Å². The van der Waals surface area contributed by atoms with E-state index < -0.39 is 0 Å². The number of aromatic nitrogens is 2. The van der Waals surface area contributed by atoms with Gasteiger partial charge < -0.3 is 15.0 Å². The van der Waals surface area contributed by atoms with E-state index in [-0.39, 0.29) is 12.0 Å². The Morgan fingerprint density at radius 3 is 3.10 bits per heavy atom. The number of aryl methyl sites for hydroxylation is 1.